The average Bonchev–Trinajstić information content (AvgIpc) is 2.37. The minimum absolute atomic E-state index is 0. The number of methoxy groups -OCH3 is 1. The van der Waals surface area contributed by atoms with Crippen molar-refractivity contribution in [2.45, 2.75) is 32.4 Å². The van der Waals surface area contributed by atoms with E-state index in [1.54, 1.807) is 6.92 Å². The molecule has 2 atom stereocenters. The van der Waals surface area contributed by atoms with Gasteiger partial charge < -0.3 is 15.8 Å². The van der Waals surface area contributed by atoms with E-state index in [1.807, 2.05) is 6.92 Å². The van der Waals surface area contributed by atoms with Crippen LogP contribution in [0.4, 0.5) is 4.39 Å². The lowest BCUT2D eigenvalue weighted by atomic mass is 10.1. The maximum Gasteiger partial charge on any atom is 0.237 e. The monoisotopic (exact) mass is 290 g/mol. The van der Waals surface area contributed by atoms with Crippen LogP contribution in [0.25, 0.3) is 0 Å². The molecule has 108 valence electrons. The molecule has 1 aromatic carbocycles. The molecule has 3 N–H and O–H groups in total. The zero-order chi connectivity index (χ0) is 13.7. The number of hydrogen-bond acceptors (Lipinski definition) is 3. The molecule has 19 heavy (non-hydrogen) atoms. The summed E-state index contributed by atoms with van der Waals surface area (Å²) in [6.45, 7) is 3.59. The summed E-state index contributed by atoms with van der Waals surface area (Å²) >= 11 is 0. The standard InChI is InChI=1S/C13H19FN2O2.ClH/c1-4-11(15)13(17)16-8(2)10-7-9(14)5-6-12(10)18-3;/h5-8,11H,4,15H2,1-3H3,(H,16,17);1H/t8?,11-;/m0./s1. The molecule has 4 nitrogen and oxygen atoms in total. The molecular formula is C13H20ClFN2O2. The highest BCUT2D eigenvalue weighted by Crippen LogP contribution is 2.25. The molecule has 0 fully saturated rings. The second-order valence-corrected chi connectivity index (χ2v) is 4.13. The van der Waals surface area contributed by atoms with Gasteiger partial charge in [-0.1, -0.05) is 6.92 Å². The first-order valence-corrected chi connectivity index (χ1v) is 5.89. The van der Waals surface area contributed by atoms with E-state index in [0.717, 1.165) is 0 Å². The smallest absolute Gasteiger partial charge is 0.237 e. The van der Waals surface area contributed by atoms with Crippen LogP contribution < -0.4 is 15.8 Å². The van der Waals surface area contributed by atoms with Crippen molar-refractivity contribution in [3.63, 3.8) is 0 Å². The van der Waals surface area contributed by atoms with E-state index in [1.165, 1.54) is 25.3 Å². The number of benzene rings is 1. The Balaban J connectivity index is 0.00000324. The zero-order valence-corrected chi connectivity index (χ0v) is 12.1. The highest BCUT2D eigenvalue weighted by molar-refractivity contribution is 5.85. The zero-order valence-electron chi connectivity index (χ0n) is 11.3. The van der Waals surface area contributed by atoms with E-state index in [9.17, 15) is 9.18 Å². The van der Waals surface area contributed by atoms with E-state index < -0.39 is 6.04 Å². The fourth-order valence-corrected chi connectivity index (χ4v) is 1.63. The van der Waals surface area contributed by atoms with Gasteiger partial charge in [0.1, 0.15) is 11.6 Å². The molecule has 1 rings (SSSR count). The van der Waals surface area contributed by atoms with Crippen LogP contribution in [-0.2, 0) is 4.79 Å². The summed E-state index contributed by atoms with van der Waals surface area (Å²) in [5.41, 5.74) is 6.22. The summed E-state index contributed by atoms with van der Waals surface area (Å²) in [4.78, 5) is 11.7. The van der Waals surface area contributed by atoms with Gasteiger partial charge in [-0.2, -0.15) is 0 Å². The molecule has 0 aliphatic rings. The minimum Gasteiger partial charge on any atom is -0.496 e. The predicted octanol–water partition coefficient (Wildman–Crippen LogP) is 2.17. The van der Waals surface area contributed by atoms with Crippen molar-refractivity contribution in [2.24, 2.45) is 5.73 Å². The summed E-state index contributed by atoms with van der Waals surface area (Å²) in [6.07, 6.45) is 0.554. The number of nitrogens with one attached hydrogen (secondary N) is 1. The fourth-order valence-electron chi connectivity index (χ4n) is 1.63. The molecule has 0 radical (unpaired) electrons. The van der Waals surface area contributed by atoms with Gasteiger partial charge in [-0.15, -0.1) is 12.4 Å². The summed E-state index contributed by atoms with van der Waals surface area (Å²) in [6, 6.07) is 3.29. The molecule has 0 saturated heterocycles. The molecule has 0 saturated carbocycles. The van der Waals surface area contributed by atoms with Crippen LogP contribution in [0.3, 0.4) is 0 Å². The molecule has 0 bridgehead atoms. The van der Waals surface area contributed by atoms with Crippen LogP contribution in [0.1, 0.15) is 31.9 Å². The van der Waals surface area contributed by atoms with Crippen molar-refractivity contribution >= 4 is 18.3 Å². The molecule has 0 heterocycles. The van der Waals surface area contributed by atoms with Gasteiger partial charge in [0.25, 0.3) is 0 Å². The molecular weight excluding hydrogens is 271 g/mol. The van der Waals surface area contributed by atoms with Crippen molar-refractivity contribution < 1.29 is 13.9 Å². The molecule has 1 unspecified atom stereocenters. The van der Waals surface area contributed by atoms with Crippen LogP contribution in [0.5, 0.6) is 5.75 Å². The van der Waals surface area contributed by atoms with Crippen LogP contribution in [0, 0.1) is 5.82 Å². The lowest BCUT2D eigenvalue weighted by Gasteiger charge is -2.19. The van der Waals surface area contributed by atoms with Crippen LogP contribution in [0.2, 0.25) is 0 Å². The highest BCUT2D eigenvalue weighted by Gasteiger charge is 2.18. The Morgan fingerprint density at radius 3 is 2.68 bits per heavy atom. The summed E-state index contributed by atoms with van der Waals surface area (Å²) in [5.74, 6) is -0.0859. The Kier molecular flexibility index (Phi) is 7.41. The second-order valence-electron chi connectivity index (χ2n) is 4.13. The largest absolute Gasteiger partial charge is 0.496 e. The molecule has 1 aromatic rings. The number of nitrogens with two attached hydrogens (primary N) is 1. The molecule has 0 aliphatic heterocycles. The van der Waals surface area contributed by atoms with Gasteiger partial charge in [-0.05, 0) is 31.5 Å². The van der Waals surface area contributed by atoms with Crippen molar-refractivity contribution in [1.82, 2.24) is 5.32 Å². The number of amides is 1. The summed E-state index contributed by atoms with van der Waals surface area (Å²) < 4.78 is 18.4. The molecule has 0 aliphatic carbocycles. The number of ether oxygens (including phenoxy) is 1. The number of carbonyl (C=O) groups is 1. The highest BCUT2D eigenvalue weighted by atomic mass is 35.5. The first-order valence-electron chi connectivity index (χ1n) is 5.89. The molecule has 1 amide bonds. The number of hydrogen-bond donors (Lipinski definition) is 2. The van der Waals surface area contributed by atoms with Crippen LogP contribution >= 0.6 is 12.4 Å². The van der Waals surface area contributed by atoms with E-state index in [0.29, 0.717) is 17.7 Å². The Morgan fingerprint density at radius 2 is 2.16 bits per heavy atom. The summed E-state index contributed by atoms with van der Waals surface area (Å²) in [7, 11) is 1.50. The normalized spacial score (nSPS) is 13.1. The number of rotatable bonds is 5. The Labute approximate surface area is 118 Å². The predicted molar refractivity (Wildman–Crippen MR) is 75.0 cm³/mol. The maximum atomic E-state index is 13.2. The molecule has 0 aromatic heterocycles. The van der Waals surface area contributed by atoms with Crippen molar-refractivity contribution in [3.05, 3.63) is 29.6 Å². The Morgan fingerprint density at radius 1 is 1.53 bits per heavy atom. The number of halogens is 2. The van der Waals surface area contributed by atoms with E-state index in [2.05, 4.69) is 5.32 Å². The van der Waals surface area contributed by atoms with Crippen molar-refractivity contribution in [2.75, 3.05) is 7.11 Å². The van der Waals surface area contributed by atoms with Crippen molar-refractivity contribution in [3.8, 4) is 5.75 Å². The van der Waals surface area contributed by atoms with Gasteiger partial charge in [0, 0.05) is 5.56 Å². The first-order chi connectivity index (χ1) is 8.49. The van der Waals surface area contributed by atoms with Gasteiger partial charge >= 0.3 is 0 Å². The lowest BCUT2D eigenvalue weighted by molar-refractivity contribution is -0.123. The SMILES string of the molecule is CC[C@H](N)C(=O)NC(C)c1cc(F)ccc1OC.Cl. The van der Waals surface area contributed by atoms with Gasteiger partial charge in [0.15, 0.2) is 0 Å². The van der Waals surface area contributed by atoms with Crippen LogP contribution in [-0.4, -0.2) is 19.1 Å². The summed E-state index contributed by atoms with van der Waals surface area (Å²) in [5, 5.41) is 2.74. The third-order valence-corrected chi connectivity index (χ3v) is 2.79. The van der Waals surface area contributed by atoms with Gasteiger partial charge in [0.2, 0.25) is 5.91 Å². The minimum atomic E-state index is -0.549. The van der Waals surface area contributed by atoms with E-state index in [-0.39, 0.29) is 30.2 Å². The molecule has 0 spiro atoms. The topological polar surface area (TPSA) is 64.4 Å². The van der Waals surface area contributed by atoms with Gasteiger partial charge in [0.05, 0.1) is 19.2 Å². The Bertz CT molecular complexity index is 429. The molecule has 6 heteroatoms. The van der Waals surface area contributed by atoms with E-state index >= 15 is 0 Å². The average molecular weight is 291 g/mol. The quantitative estimate of drug-likeness (QED) is 0.873. The Hall–Kier alpha value is -1.33. The first kappa shape index (κ1) is 17.7. The van der Waals surface area contributed by atoms with Gasteiger partial charge in [-0.3, -0.25) is 4.79 Å². The maximum absolute atomic E-state index is 13.2. The third-order valence-electron chi connectivity index (χ3n) is 2.79. The van der Waals surface area contributed by atoms with E-state index in [4.69, 9.17) is 10.5 Å². The lowest BCUT2D eigenvalue weighted by Crippen LogP contribution is -2.41. The second kappa shape index (κ2) is 7.96. The fraction of sp³-hybridized carbons (Fsp3) is 0.462. The number of carbonyl (C=O) groups excluding carboxylic acids is 1. The third kappa shape index (κ3) is 4.69. The van der Waals surface area contributed by atoms with Gasteiger partial charge in [-0.25, -0.2) is 4.39 Å². The van der Waals surface area contributed by atoms with Crippen LogP contribution in [0.15, 0.2) is 18.2 Å². The van der Waals surface area contributed by atoms with Crippen molar-refractivity contribution in [1.29, 1.82) is 0 Å².